The Labute approximate surface area is 132 Å². The van der Waals surface area contributed by atoms with Gasteiger partial charge < -0.3 is 16.4 Å². The van der Waals surface area contributed by atoms with Crippen LogP contribution in [0, 0.1) is 0 Å². The summed E-state index contributed by atoms with van der Waals surface area (Å²) < 4.78 is 1.32. The SMILES string of the molecule is Cn1ncc(NC(=O)Nc2cccc3ccccc23)c1C(N)=O. The van der Waals surface area contributed by atoms with Crippen LogP contribution in [0.3, 0.4) is 0 Å². The van der Waals surface area contributed by atoms with E-state index in [1.54, 1.807) is 13.1 Å². The van der Waals surface area contributed by atoms with Gasteiger partial charge in [-0.15, -0.1) is 0 Å². The summed E-state index contributed by atoms with van der Waals surface area (Å²) in [5.41, 5.74) is 6.36. The number of hydrogen-bond acceptors (Lipinski definition) is 3. The van der Waals surface area contributed by atoms with Gasteiger partial charge in [-0.2, -0.15) is 5.10 Å². The lowest BCUT2D eigenvalue weighted by molar-refractivity contribution is 0.0992. The number of hydrogen-bond donors (Lipinski definition) is 3. The number of nitrogens with two attached hydrogens (primary N) is 1. The largest absolute Gasteiger partial charge is 0.364 e. The van der Waals surface area contributed by atoms with Crippen LogP contribution in [-0.2, 0) is 7.05 Å². The Kier molecular flexibility index (Phi) is 3.68. The molecule has 23 heavy (non-hydrogen) atoms. The van der Waals surface area contributed by atoms with E-state index >= 15 is 0 Å². The summed E-state index contributed by atoms with van der Waals surface area (Å²) in [6.07, 6.45) is 1.38. The molecule has 1 heterocycles. The minimum Gasteiger partial charge on any atom is -0.364 e. The molecule has 0 fully saturated rings. The lowest BCUT2D eigenvalue weighted by Crippen LogP contribution is -2.23. The Hall–Kier alpha value is -3.35. The van der Waals surface area contributed by atoms with Crippen molar-refractivity contribution in [3.8, 4) is 0 Å². The first-order valence-electron chi connectivity index (χ1n) is 6.94. The van der Waals surface area contributed by atoms with Crippen LogP contribution in [0.25, 0.3) is 10.8 Å². The molecule has 0 unspecified atom stereocenters. The number of benzene rings is 2. The van der Waals surface area contributed by atoms with Crippen molar-refractivity contribution >= 4 is 34.1 Å². The standard InChI is InChI=1S/C16H15N5O2/c1-21-14(15(17)22)13(9-18-21)20-16(23)19-12-8-4-6-10-5-2-3-7-11(10)12/h2-9H,1H3,(H2,17,22)(H2,19,20,23). The molecular formula is C16H15N5O2. The van der Waals surface area contributed by atoms with Crippen molar-refractivity contribution < 1.29 is 9.59 Å². The number of amides is 3. The van der Waals surface area contributed by atoms with Crippen LogP contribution in [-0.4, -0.2) is 21.7 Å². The van der Waals surface area contributed by atoms with Crippen LogP contribution >= 0.6 is 0 Å². The number of aromatic nitrogens is 2. The van der Waals surface area contributed by atoms with Gasteiger partial charge in [0.1, 0.15) is 5.69 Å². The summed E-state index contributed by atoms with van der Waals surface area (Å²) in [5, 5.41) is 11.2. The molecule has 0 radical (unpaired) electrons. The highest BCUT2D eigenvalue weighted by Gasteiger charge is 2.16. The van der Waals surface area contributed by atoms with Gasteiger partial charge in [-0.1, -0.05) is 36.4 Å². The van der Waals surface area contributed by atoms with Crippen LogP contribution in [0.2, 0.25) is 0 Å². The average Bonchev–Trinajstić information content (AvgIpc) is 2.88. The topological polar surface area (TPSA) is 102 Å². The fourth-order valence-corrected chi connectivity index (χ4v) is 2.43. The number of anilines is 2. The zero-order valence-electron chi connectivity index (χ0n) is 12.4. The summed E-state index contributed by atoms with van der Waals surface area (Å²) in [7, 11) is 1.58. The van der Waals surface area contributed by atoms with E-state index in [2.05, 4.69) is 15.7 Å². The summed E-state index contributed by atoms with van der Waals surface area (Å²) in [4.78, 5) is 23.6. The molecule has 116 valence electrons. The van der Waals surface area contributed by atoms with Crippen molar-refractivity contribution in [1.29, 1.82) is 0 Å². The molecule has 7 heteroatoms. The third kappa shape index (κ3) is 2.84. The molecule has 0 spiro atoms. The predicted molar refractivity (Wildman–Crippen MR) is 88.3 cm³/mol. The summed E-state index contributed by atoms with van der Waals surface area (Å²) in [6, 6.07) is 12.9. The highest BCUT2D eigenvalue weighted by molar-refractivity contribution is 6.08. The molecule has 0 saturated heterocycles. The Bertz CT molecular complexity index is 895. The Morgan fingerprint density at radius 2 is 1.74 bits per heavy atom. The minimum atomic E-state index is -0.662. The van der Waals surface area contributed by atoms with Crippen LogP contribution in [0.4, 0.5) is 16.2 Å². The van der Waals surface area contributed by atoms with Gasteiger partial charge in [-0.3, -0.25) is 9.48 Å². The highest BCUT2D eigenvalue weighted by atomic mass is 16.2. The van der Waals surface area contributed by atoms with Crippen molar-refractivity contribution in [3.63, 3.8) is 0 Å². The molecular weight excluding hydrogens is 294 g/mol. The maximum absolute atomic E-state index is 12.2. The molecule has 0 bridgehead atoms. The van der Waals surface area contributed by atoms with Crippen molar-refractivity contribution in [3.05, 3.63) is 54.4 Å². The van der Waals surface area contributed by atoms with Crippen LogP contribution in [0.1, 0.15) is 10.5 Å². The third-order valence-electron chi connectivity index (χ3n) is 3.46. The second-order valence-electron chi connectivity index (χ2n) is 5.00. The third-order valence-corrected chi connectivity index (χ3v) is 3.46. The second-order valence-corrected chi connectivity index (χ2v) is 5.00. The smallest absolute Gasteiger partial charge is 0.323 e. The van der Waals surface area contributed by atoms with Crippen molar-refractivity contribution in [2.75, 3.05) is 10.6 Å². The first-order chi connectivity index (χ1) is 11.1. The van der Waals surface area contributed by atoms with E-state index in [9.17, 15) is 9.59 Å². The van der Waals surface area contributed by atoms with Gasteiger partial charge in [0.05, 0.1) is 17.6 Å². The van der Waals surface area contributed by atoms with Gasteiger partial charge in [0.15, 0.2) is 0 Å². The predicted octanol–water partition coefficient (Wildman–Crippen LogP) is 2.32. The van der Waals surface area contributed by atoms with E-state index in [1.807, 2.05) is 36.4 Å². The van der Waals surface area contributed by atoms with Gasteiger partial charge in [0.2, 0.25) is 0 Å². The molecule has 2 aromatic carbocycles. The quantitative estimate of drug-likeness (QED) is 0.691. The monoisotopic (exact) mass is 309 g/mol. The molecule has 0 saturated carbocycles. The molecule has 3 aromatic rings. The fourth-order valence-electron chi connectivity index (χ4n) is 2.43. The Morgan fingerprint density at radius 3 is 2.52 bits per heavy atom. The number of carbonyl (C=O) groups excluding carboxylic acids is 2. The molecule has 0 atom stereocenters. The number of fused-ring (bicyclic) bond motifs is 1. The highest BCUT2D eigenvalue weighted by Crippen LogP contribution is 2.23. The zero-order chi connectivity index (χ0) is 16.4. The Morgan fingerprint density at radius 1 is 1.04 bits per heavy atom. The fraction of sp³-hybridized carbons (Fsp3) is 0.0625. The first-order valence-corrected chi connectivity index (χ1v) is 6.94. The minimum absolute atomic E-state index is 0.137. The van der Waals surface area contributed by atoms with Gasteiger partial charge in [-0.25, -0.2) is 4.79 Å². The van der Waals surface area contributed by atoms with Crippen LogP contribution < -0.4 is 16.4 Å². The number of aryl methyl sites for hydroxylation is 1. The number of rotatable bonds is 3. The molecule has 0 aliphatic carbocycles. The molecule has 0 aliphatic rings. The number of urea groups is 1. The Balaban J connectivity index is 1.84. The average molecular weight is 309 g/mol. The lowest BCUT2D eigenvalue weighted by atomic mass is 10.1. The number of nitrogens with one attached hydrogen (secondary N) is 2. The van der Waals surface area contributed by atoms with E-state index < -0.39 is 11.9 Å². The van der Waals surface area contributed by atoms with Gasteiger partial charge in [-0.05, 0) is 11.5 Å². The van der Waals surface area contributed by atoms with Gasteiger partial charge in [0.25, 0.3) is 5.91 Å². The maximum Gasteiger partial charge on any atom is 0.323 e. The molecule has 1 aromatic heterocycles. The first kappa shape index (κ1) is 14.6. The van der Waals surface area contributed by atoms with E-state index in [4.69, 9.17) is 5.73 Å². The molecule has 3 amide bonds. The van der Waals surface area contributed by atoms with Gasteiger partial charge >= 0.3 is 6.03 Å². The number of primary amides is 1. The van der Waals surface area contributed by atoms with Crippen molar-refractivity contribution in [1.82, 2.24) is 9.78 Å². The number of nitrogens with zero attached hydrogens (tertiary/aromatic N) is 2. The molecule has 0 aliphatic heterocycles. The normalized spacial score (nSPS) is 10.5. The molecule has 3 rings (SSSR count). The van der Waals surface area contributed by atoms with Gasteiger partial charge in [0, 0.05) is 12.4 Å². The number of carbonyl (C=O) groups is 2. The van der Waals surface area contributed by atoms with Crippen molar-refractivity contribution in [2.45, 2.75) is 0 Å². The lowest BCUT2D eigenvalue weighted by Gasteiger charge is -2.10. The zero-order valence-corrected chi connectivity index (χ0v) is 12.4. The summed E-state index contributed by atoms with van der Waals surface area (Å²) in [6.45, 7) is 0. The summed E-state index contributed by atoms with van der Waals surface area (Å²) >= 11 is 0. The van der Waals surface area contributed by atoms with Crippen LogP contribution in [0.5, 0.6) is 0 Å². The van der Waals surface area contributed by atoms with E-state index in [1.165, 1.54) is 10.9 Å². The summed E-state index contributed by atoms with van der Waals surface area (Å²) in [5.74, 6) is -0.662. The van der Waals surface area contributed by atoms with E-state index in [0.717, 1.165) is 10.8 Å². The molecule has 7 nitrogen and oxygen atoms in total. The van der Waals surface area contributed by atoms with E-state index in [-0.39, 0.29) is 11.4 Å². The second kappa shape index (κ2) is 5.80. The van der Waals surface area contributed by atoms with E-state index in [0.29, 0.717) is 5.69 Å². The maximum atomic E-state index is 12.2. The van der Waals surface area contributed by atoms with Crippen LogP contribution in [0.15, 0.2) is 48.7 Å². The molecule has 4 N–H and O–H groups in total. The van der Waals surface area contributed by atoms with Crippen molar-refractivity contribution in [2.24, 2.45) is 12.8 Å².